The highest BCUT2D eigenvalue weighted by atomic mass is 16.7. The maximum atomic E-state index is 12.6. The van der Waals surface area contributed by atoms with Crippen molar-refractivity contribution in [2.24, 2.45) is 5.92 Å². The third-order valence-electron chi connectivity index (χ3n) is 4.08. The van der Waals surface area contributed by atoms with Gasteiger partial charge in [-0.15, -0.1) is 0 Å². The first kappa shape index (κ1) is 14.0. The quantitative estimate of drug-likeness (QED) is 0.855. The van der Waals surface area contributed by atoms with Crippen molar-refractivity contribution in [3.8, 4) is 11.5 Å². The molecule has 1 fully saturated rings. The summed E-state index contributed by atoms with van der Waals surface area (Å²) in [5.41, 5.74) is 6.90. The first-order valence-electron chi connectivity index (χ1n) is 7.16. The van der Waals surface area contributed by atoms with Gasteiger partial charge in [0.15, 0.2) is 11.5 Å². The van der Waals surface area contributed by atoms with Gasteiger partial charge in [0.25, 0.3) is 5.91 Å². The zero-order chi connectivity index (χ0) is 14.8. The molecule has 1 saturated heterocycles. The third kappa shape index (κ3) is 2.76. The van der Waals surface area contributed by atoms with Crippen LogP contribution in [-0.2, 0) is 4.74 Å². The minimum atomic E-state index is -0.0401. The lowest BCUT2D eigenvalue weighted by Gasteiger charge is -2.32. The van der Waals surface area contributed by atoms with Crippen LogP contribution >= 0.6 is 0 Å². The van der Waals surface area contributed by atoms with E-state index in [0.717, 1.165) is 32.5 Å². The number of benzene rings is 1. The fourth-order valence-electron chi connectivity index (χ4n) is 2.85. The van der Waals surface area contributed by atoms with Gasteiger partial charge >= 0.3 is 0 Å². The summed E-state index contributed by atoms with van der Waals surface area (Å²) in [6, 6.07) is 3.34. The Bertz CT molecular complexity index is 539. The Morgan fingerprint density at radius 1 is 1.33 bits per heavy atom. The number of piperidine rings is 1. The van der Waals surface area contributed by atoms with Crippen LogP contribution in [0.25, 0.3) is 0 Å². The minimum absolute atomic E-state index is 0.0401. The first-order chi connectivity index (χ1) is 10.2. The summed E-state index contributed by atoms with van der Waals surface area (Å²) in [7, 11) is 1.71. The number of anilines is 1. The van der Waals surface area contributed by atoms with E-state index in [0.29, 0.717) is 28.7 Å². The van der Waals surface area contributed by atoms with E-state index in [-0.39, 0.29) is 12.7 Å². The number of carbonyl (C=O) groups is 1. The molecule has 1 amide bonds. The van der Waals surface area contributed by atoms with E-state index in [9.17, 15) is 4.79 Å². The number of amides is 1. The van der Waals surface area contributed by atoms with Gasteiger partial charge in [-0.2, -0.15) is 0 Å². The van der Waals surface area contributed by atoms with Crippen molar-refractivity contribution >= 4 is 11.6 Å². The van der Waals surface area contributed by atoms with Gasteiger partial charge in [0.2, 0.25) is 6.79 Å². The smallest absolute Gasteiger partial charge is 0.256 e. The van der Waals surface area contributed by atoms with Crippen LogP contribution in [0, 0.1) is 5.92 Å². The monoisotopic (exact) mass is 292 g/mol. The van der Waals surface area contributed by atoms with Gasteiger partial charge in [-0.05, 0) is 24.8 Å². The van der Waals surface area contributed by atoms with Gasteiger partial charge in [0.1, 0.15) is 0 Å². The number of methoxy groups -OCH3 is 1. The standard InChI is InChI=1S/C15H20N2O4/c1-19-8-10-2-4-17(5-3-10)15(18)11-6-13-14(7-12(11)16)21-9-20-13/h6-7,10H,2-5,8-9,16H2,1H3. The summed E-state index contributed by atoms with van der Waals surface area (Å²) in [5, 5.41) is 0. The number of ether oxygens (including phenoxy) is 3. The fraction of sp³-hybridized carbons (Fsp3) is 0.533. The summed E-state index contributed by atoms with van der Waals surface area (Å²) in [6.07, 6.45) is 1.92. The Balaban J connectivity index is 1.71. The van der Waals surface area contributed by atoms with Crippen molar-refractivity contribution in [2.45, 2.75) is 12.8 Å². The predicted octanol–water partition coefficient (Wildman–Crippen LogP) is 1.50. The Hall–Kier alpha value is -1.95. The molecular formula is C15H20N2O4. The second-order valence-electron chi connectivity index (χ2n) is 5.48. The summed E-state index contributed by atoms with van der Waals surface area (Å²) >= 11 is 0. The van der Waals surface area contributed by atoms with Crippen LogP contribution in [-0.4, -0.2) is 44.4 Å². The topological polar surface area (TPSA) is 74.0 Å². The van der Waals surface area contributed by atoms with Gasteiger partial charge in [-0.1, -0.05) is 0 Å². The number of rotatable bonds is 3. The van der Waals surface area contributed by atoms with Crippen LogP contribution in [0.3, 0.4) is 0 Å². The number of hydrogen-bond donors (Lipinski definition) is 1. The summed E-state index contributed by atoms with van der Waals surface area (Å²) in [6.45, 7) is 2.41. The van der Waals surface area contributed by atoms with Crippen molar-refractivity contribution in [2.75, 3.05) is 39.3 Å². The molecule has 0 aromatic heterocycles. The summed E-state index contributed by atoms with van der Waals surface area (Å²) in [4.78, 5) is 14.5. The molecule has 114 valence electrons. The molecule has 2 N–H and O–H groups in total. The molecule has 3 rings (SSSR count). The number of likely N-dealkylation sites (tertiary alicyclic amines) is 1. The van der Waals surface area contributed by atoms with Crippen LogP contribution in [0.5, 0.6) is 11.5 Å². The lowest BCUT2D eigenvalue weighted by Crippen LogP contribution is -2.39. The van der Waals surface area contributed by atoms with Gasteiger partial charge in [-0.3, -0.25) is 4.79 Å². The molecule has 2 aliphatic rings. The van der Waals surface area contributed by atoms with Crippen molar-refractivity contribution in [1.82, 2.24) is 4.90 Å². The molecule has 1 aromatic carbocycles. The largest absolute Gasteiger partial charge is 0.454 e. The molecule has 0 bridgehead atoms. The second-order valence-corrected chi connectivity index (χ2v) is 5.48. The highest BCUT2D eigenvalue weighted by Crippen LogP contribution is 2.36. The van der Waals surface area contributed by atoms with E-state index in [4.69, 9.17) is 19.9 Å². The van der Waals surface area contributed by atoms with Crippen LogP contribution in [0.2, 0.25) is 0 Å². The molecule has 0 unspecified atom stereocenters. The van der Waals surface area contributed by atoms with Crippen LogP contribution in [0.1, 0.15) is 23.2 Å². The maximum absolute atomic E-state index is 12.6. The van der Waals surface area contributed by atoms with Gasteiger partial charge < -0.3 is 24.8 Å². The number of fused-ring (bicyclic) bond motifs is 1. The van der Waals surface area contributed by atoms with Crippen molar-refractivity contribution in [3.63, 3.8) is 0 Å². The first-order valence-corrected chi connectivity index (χ1v) is 7.16. The lowest BCUT2D eigenvalue weighted by molar-refractivity contribution is 0.0614. The Kier molecular flexibility index (Phi) is 3.88. The van der Waals surface area contributed by atoms with Gasteiger partial charge in [-0.25, -0.2) is 0 Å². The molecule has 0 atom stereocenters. The number of nitrogens with zero attached hydrogens (tertiary/aromatic N) is 1. The third-order valence-corrected chi connectivity index (χ3v) is 4.08. The lowest BCUT2D eigenvalue weighted by atomic mass is 9.97. The molecule has 0 radical (unpaired) electrons. The van der Waals surface area contributed by atoms with Crippen LogP contribution in [0.4, 0.5) is 5.69 Å². The van der Waals surface area contributed by atoms with Crippen LogP contribution in [0.15, 0.2) is 12.1 Å². The van der Waals surface area contributed by atoms with Crippen molar-refractivity contribution in [3.05, 3.63) is 17.7 Å². The van der Waals surface area contributed by atoms with Crippen LogP contribution < -0.4 is 15.2 Å². The molecule has 21 heavy (non-hydrogen) atoms. The summed E-state index contributed by atoms with van der Waals surface area (Å²) < 4.78 is 15.8. The number of carbonyl (C=O) groups excluding carboxylic acids is 1. The maximum Gasteiger partial charge on any atom is 0.256 e. The van der Waals surface area contributed by atoms with E-state index < -0.39 is 0 Å². The number of nitrogens with two attached hydrogens (primary N) is 1. The second kappa shape index (κ2) is 5.81. The van der Waals surface area contributed by atoms with E-state index in [1.807, 2.05) is 4.90 Å². The Morgan fingerprint density at radius 3 is 2.67 bits per heavy atom. The molecule has 0 saturated carbocycles. The highest BCUT2D eigenvalue weighted by molar-refractivity contribution is 6.00. The SMILES string of the molecule is COCC1CCN(C(=O)c2cc3c(cc2N)OCO3)CC1. The Morgan fingerprint density at radius 2 is 2.00 bits per heavy atom. The average molecular weight is 292 g/mol. The van der Waals surface area contributed by atoms with E-state index in [1.54, 1.807) is 19.2 Å². The molecule has 2 aliphatic heterocycles. The zero-order valence-corrected chi connectivity index (χ0v) is 12.1. The number of nitrogen functional groups attached to an aromatic ring is 1. The zero-order valence-electron chi connectivity index (χ0n) is 12.1. The van der Waals surface area contributed by atoms with Gasteiger partial charge in [0.05, 0.1) is 5.56 Å². The predicted molar refractivity (Wildman–Crippen MR) is 77.5 cm³/mol. The average Bonchev–Trinajstić information content (AvgIpc) is 2.94. The fourth-order valence-corrected chi connectivity index (χ4v) is 2.85. The van der Waals surface area contributed by atoms with E-state index in [2.05, 4.69) is 0 Å². The Labute approximate surface area is 123 Å². The normalized spacial score (nSPS) is 18.0. The molecule has 6 heteroatoms. The van der Waals surface area contributed by atoms with E-state index in [1.165, 1.54) is 0 Å². The molecule has 0 aliphatic carbocycles. The summed E-state index contributed by atoms with van der Waals surface area (Å²) in [5.74, 6) is 1.68. The molecular weight excluding hydrogens is 272 g/mol. The molecule has 1 aromatic rings. The molecule has 2 heterocycles. The van der Waals surface area contributed by atoms with Gasteiger partial charge in [0, 0.05) is 38.6 Å². The minimum Gasteiger partial charge on any atom is -0.454 e. The van der Waals surface area contributed by atoms with Crippen molar-refractivity contribution in [1.29, 1.82) is 0 Å². The van der Waals surface area contributed by atoms with Crippen molar-refractivity contribution < 1.29 is 19.0 Å². The molecule has 0 spiro atoms. The van der Waals surface area contributed by atoms with E-state index >= 15 is 0 Å². The molecule has 6 nitrogen and oxygen atoms in total. The number of hydrogen-bond acceptors (Lipinski definition) is 5. The highest BCUT2D eigenvalue weighted by Gasteiger charge is 2.26.